The van der Waals surface area contributed by atoms with Crippen LogP contribution in [-0.4, -0.2) is 30.0 Å². The lowest BCUT2D eigenvalue weighted by atomic mass is 10.1. The zero-order chi connectivity index (χ0) is 15.7. The van der Waals surface area contributed by atoms with Crippen molar-refractivity contribution in [3.8, 4) is 5.75 Å². The van der Waals surface area contributed by atoms with Crippen molar-refractivity contribution < 1.29 is 18.3 Å². The fourth-order valence-electron chi connectivity index (χ4n) is 2.32. The number of carbonyl (C=O) groups excluding carboxylic acids is 1. The molecule has 114 valence electrons. The molecule has 2 aromatic rings. The summed E-state index contributed by atoms with van der Waals surface area (Å²) in [7, 11) is 0. The molecule has 2 heterocycles. The SMILES string of the molecule is Cc1cc(OC2CN(C(=O)c3cccc(F)c3)C2)cc(=O)o1. The van der Waals surface area contributed by atoms with Crippen LogP contribution in [0.25, 0.3) is 0 Å². The van der Waals surface area contributed by atoms with E-state index in [4.69, 9.17) is 9.15 Å². The smallest absolute Gasteiger partial charge is 0.339 e. The predicted molar refractivity (Wildman–Crippen MR) is 76.4 cm³/mol. The average molecular weight is 303 g/mol. The Morgan fingerprint density at radius 3 is 2.77 bits per heavy atom. The Hall–Kier alpha value is -2.63. The predicted octanol–water partition coefficient (Wildman–Crippen LogP) is 1.99. The van der Waals surface area contributed by atoms with Gasteiger partial charge in [-0.1, -0.05) is 6.07 Å². The topological polar surface area (TPSA) is 59.8 Å². The van der Waals surface area contributed by atoms with Crippen molar-refractivity contribution >= 4 is 5.91 Å². The van der Waals surface area contributed by atoms with E-state index in [1.165, 1.54) is 24.3 Å². The van der Waals surface area contributed by atoms with Crippen LogP contribution >= 0.6 is 0 Å². The molecule has 1 aromatic heterocycles. The molecule has 5 nitrogen and oxygen atoms in total. The summed E-state index contributed by atoms with van der Waals surface area (Å²) in [6.45, 7) is 2.46. The van der Waals surface area contributed by atoms with Crippen LogP contribution in [0.3, 0.4) is 0 Å². The third-order valence-electron chi connectivity index (χ3n) is 3.38. The minimum absolute atomic E-state index is 0.182. The van der Waals surface area contributed by atoms with Crippen LogP contribution in [0.15, 0.2) is 45.6 Å². The number of benzene rings is 1. The molecule has 0 spiro atoms. The van der Waals surface area contributed by atoms with E-state index in [1.54, 1.807) is 24.0 Å². The molecule has 1 aromatic carbocycles. The minimum Gasteiger partial charge on any atom is -0.486 e. The molecule has 1 amide bonds. The average Bonchev–Trinajstić information content (AvgIpc) is 2.40. The monoisotopic (exact) mass is 303 g/mol. The fourth-order valence-corrected chi connectivity index (χ4v) is 2.32. The van der Waals surface area contributed by atoms with E-state index in [-0.39, 0.29) is 12.0 Å². The Morgan fingerprint density at radius 2 is 2.09 bits per heavy atom. The molecule has 1 aliphatic heterocycles. The van der Waals surface area contributed by atoms with E-state index >= 15 is 0 Å². The molecule has 0 N–H and O–H groups in total. The van der Waals surface area contributed by atoms with Crippen molar-refractivity contribution in [1.82, 2.24) is 4.90 Å². The van der Waals surface area contributed by atoms with Gasteiger partial charge in [-0.05, 0) is 25.1 Å². The molecule has 0 unspecified atom stereocenters. The highest BCUT2D eigenvalue weighted by molar-refractivity contribution is 5.94. The number of hydrogen-bond donors (Lipinski definition) is 0. The Morgan fingerprint density at radius 1 is 1.32 bits per heavy atom. The van der Waals surface area contributed by atoms with Crippen LogP contribution in [-0.2, 0) is 0 Å². The van der Waals surface area contributed by atoms with Crippen LogP contribution < -0.4 is 10.4 Å². The second-order valence-corrected chi connectivity index (χ2v) is 5.18. The Bertz CT molecular complexity index is 765. The lowest BCUT2D eigenvalue weighted by Crippen LogP contribution is -2.56. The maximum absolute atomic E-state index is 13.1. The maximum Gasteiger partial charge on any atom is 0.339 e. The van der Waals surface area contributed by atoms with Crippen LogP contribution in [0, 0.1) is 12.7 Å². The van der Waals surface area contributed by atoms with Gasteiger partial charge in [0.05, 0.1) is 19.2 Å². The summed E-state index contributed by atoms with van der Waals surface area (Å²) in [5, 5.41) is 0. The van der Waals surface area contributed by atoms with Crippen molar-refractivity contribution in [2.75, 3.05) is 13.1 Å². The van der Waals surface area contributed by atoms with Crippen LogP contribution in [0.4, 0.5) is 4.39 Å². The summed E-state index contributed by atoms with van der Waals surface area (Å²) in [5.74, 6) is 0.222. The Labute approximate surface area is 125 Å². The van der Waals surface area contributed by atoms with E-state index in [1.807, 2.05) is 0 Å². The zero-order valence-corrected chi connectivity index (χ0v) is 11.9. The molecule has 3 rings (SSSR count). The molecule has 1 saturated heterocycles. The van der Waals surface area contributed by atoms with Crippen molar-refractivity contribution in [1.29, 1.82) is 0 Å². The number of aryl methyl sites for hydroxylation is 1. The number of carbonyl (C=O) groups is 1. The number of nitrogens with zero attached hydrogens (tertiary/aromatic N) is 1. The van der Waals surface area contributed by atoms with Crippen molar-refractivity contribution in [3.05, 3.63) is 64.0 Å². The normalized spacial score (nSPS) is 14.5. The summed E-state index contributed by atoms with van der Waals surface area (Å²) in [4.78, 5) is 24.9. The van der Waals surface area contributed by atoms with E-state index in [9.17, 15) is 14.0 Å². The maximum atomic E-state index is 13.1. The highest BCUT2D eigenvalue weighted by Crippen LogP contribution is 2.20. The van der Waals surface area contributed by atoms with E-state index in [0.717, 1.165) is 0 Å². The third-order valence-corrected chi connectivity index (χ3v) is 3.38. The van der Waals surface area contributed by atoms with Gasteiger partial charge < -0.3 is 14.1 Å². The number of halogens is 1. The summed E-state index contributed by atoms with van der Waals surface area (Å²) in [5.41, 5.74) is -0.156. The number of rotatable bonds is 3. The molecule has 0 aliphatic carbocycles. The molecule has 0 saturated carbocycles. The van der Waals surface area contributed by atoms with Crippen LogP contribution in [0.1, 0.15) is 16.1 Å². The van der Waals surface area contributed by atoms with Gasteiger partial charge in [-0.3, -0.25) is 4.79 Å². The van der Waals surface area contributed by atoms with Gasteiger partial charge in [-0.15, -0.1) is 0 Å². The number of ether oxygens (including phenoxy) is 1. The Balaban J connectivity index is 1.60. The minimum atomic E-state index is -0.470. The van der Waals surface area contributed by atoms with Gasteiger partial charge in [-0.25, -0.2) is 9.18 Å². The Kier molecular flexibility index (Phi) is 3.66. The first kappa shape index (κ1) is 14.3. The quantitative estimate of drug-likeness (QED) is 0.870. The molecule has 0 radical (unpaired) electrons. The second-order valence-electron chi connectivity index (χ2n) is 5.18. The second kappa shape index (κ2) is 5.63. The van der Waals surface area contributed by atoms with Crippen molar-refractivity contribution in [2.45, 2.75) is 13.0 Å². The van der Waals surface area contributed by atoms with Gasteiger partial charge in [0.2, 0.25) is 0 Å². The molecule has 1 aliphatic rings. The number of amides is 1. The molecular weight excluding hydrogens is 289 g/mol. The first-order valence-electron chi connectivity index (χ1n) is 6.84. The summed E-state index contributed by atoms with van der Waals surface area (Å²) in [6.07, 6.45) is -0.182. The molecule has 6 heteroatoms. The van der Waals surface area contributed by atoms with E-state index in [0.29, 0.717) is 30.2 Å². The zero-order valence-electron chi connectivity index (χ0n) is 11.9. The van der Waals surface area contributed by atoms with Crippen LogP contribution in [0.5, 0.6) is 5.75 Å². The largest absolute Gasteiger partial charge is 0.486 e. The molecule has 1 fully saturated rings. The number of hydrogen-bond acceptors (Lipinski definition) is 4. The highest BCUT2D eigenvalue weighted by atomic mass is 19.1. The summed E-state index contributed by atoms with van der Waals surface area (Å²) >= 11 is 0. The third kappa shape index (κ3) is 3.00. The standard InChI is InChI=1S/C16H14FNO4/c1-10-5-13(7-15(19)21-10)22-14-8-18(9-14)16(20)11-3-2-4-12(17)6-11/h2-7,14H,8-9H2,1H3. The van der Waals surface area contributed by atoms with Crippen molar-refractivity contribution in [2.24, 2.45) is 0 Å². The van der Waals surface area contributed by atoms with Gasteiger partial charge >= 0.3 is 5.63 Å². The lowest BCUT2D eigenvalue weighted by Gasteiger charge is -2.38. The molecule has 0 bridgehead atoms. The molecule has 0 atom stereocenters. The highest BCUT2D eigenvalue weighted by Gasteiger charge is 2.33. The van der Waals surface area contributed by atoms with E-state index < -0.39 is 11.4 Å². The van der Waals surface area contributed by atoms with Gasteiger partial charge in [0.15, 0.2) is 0 Å². The summed E-state index contributed by atoms with van der Waals surface area (Å²) < 4.78 is 23.6. The van der Waals surface area contributed by atoms with Gasteiger partial charge in [0.1, 0.15) is 23.4 Å². The first-order chi connectivity index (χ1) is 10.5. The van der Waals surface area contributed by atoms with Gasteiger partial charge in [0, 0.05) is 11.6 Å². The summed E-state index contributed by atoms with van der Waals surface area (Å²) in [6, 6.07) is 8.47. The lowest BCUT2D eigenvalue weighted by molar-refractivity contribution is 0.0174. The van der Waals surface area contributed by atoms with E-state index in [2.05, 4.69) is 0 Å². The molecule has 22 heavy (non-hydrogen) atoms. The number of likely N-dealkylation sites (tertiary alicyclic amines) is 1. The van der Waals surface area contributed by atoms with Crippen molar-refractivity contribution in [3.63, 3.8) is 0 Å². The van der Waals surface area contributed by atoms with Gasteiger partial charge in [0.25, 0.3) is 5.91 Å². The fraction of sp³-hybridized carbons (Fsp3) is 0.250. The first-order valence-corrected chi connectivity index (χ1v) is 6.84. The van der Waals surface area contributed by atoms with Crippen LogP contribution in [0.2, 0.25) is 0 Å². The molecular formula is C16H14FNO4. The van der Waals surface area contributed by atoms with Gasteiger partial charge in [-0.2, -0.15) is 0 Å².